The highest BCUT2D eigenvalue weighted by molar-refractivity contribution is 5.79. The third kappa shape index (κ3) is 5.59. The molecule has 1 aliphatic heterocycles. The fourth-order valence-electron chi connectivity index (χ4n) is 3.77. The van der Waals surface area contributed by atoms with Crippen LogP contribution in [0.5, 0.6) is 5.75 Å². The number of carbonyl (C=O) groups is 2. The molecule has 156 valence electrons. The quantitative estimate of drug-likeness (QED) is 0.748. The number of aromatic nitrogens is 2. The van der Waals surface area contributed by atoms with Crippen molar-refractivity contribution in [3.8, 4) is 5.75 Å². The van der Waals surface area contributed by atoms with E-state index in [1.54, 1.807) is 7.11 Å². The van der Waals surface area contributed by atoms with Gasteiger partial charge >= 0.3 is 0 Å². The summed E-state index contributed by atoms with van der Waals surface area (Å²) in [7, 11) is 1.62. The summed E-state index contributed by atoms with van der Waals surface area (Å²) in [6.45, 7) is 6.01. The van der Waals surface area contributed by atoms with E-state index in [-0.39, 0.29) is 11.8 Å². The summed E-state index contributed by atoms with van der Waals surface area (Å²) in [5, 5.41) is 10.1. The van der Waals surface area contributed by atoms with Crippen molar-refractivity contribution in [1.29, 1.82) is 0 Å². The van der Waals surface area contributed by atoms with Gasteiger partial charge in [-0.15, -0.1) is 0 Å². The topological polar surface area (TPSA) is 87.3 Å². The molecule has 1 aromatic heterocycles. The van der Waals surface area contributed by atoms with Crippen LogP contribution in [0.25, 0.3) is 0 Å². The molecule has 2 amide bonds. The molecule has 0 bridgehead atoms. The highest BCUT2D eigenvalue weighted by Gasteiger charge is 2.24. The second-order valence-electron chi connectivity index (χ2n) is 7.75. The summed E-state index contributed by atoms with van der Waals surface area (Å²) in [6, 6.07) is 7.56. The van der Waals surface area contributed by atoms with E-state index in [4.69, 9.17) is 4.74 Å². The lowest BCUT2D eigenvalue weighted by Crippen LogP contribution is -2.42. The normalized spacial score (nSPS) is 14.7. The molecule has 1 aromatic carbocycles. The zero-order valence-electron chi connectivity index (χ0n) is 17.5. The van der Waals surface area contributed by atoms with Crippen LogP contribution >= 0.6 is 0 Å². The number of piperidine rings is 1. The van der Waals surface area contributed by atoms with Crippen LogP contribution in [0.3, 0.4) is 0 Å². The van der Waals surface area contributed by atoms with Crippen LogP contribution in [0.1, 0.15) is 35.4 Å². The minimum Gasteiger partial charge on any atom is -0.497 e. The maximum atomic E-state index is 12.6. The van der Waals surface area contributed by atoms with Crippen molar-refractivity contribution >= 4 is 11.8 Å². The van der Waals surface area contributed by atoms with E-state index in [1.807, 2.05) is 43.0 Å². The van der Waals surface area contributed by atoms with Crippen LogP contribution in [0.15, 0.2) is 24.3 Å². The van der Waals surface area contributed by atoms with E-state index in [9.17, 15) is 9.59 Å². The van der Waals surface area contributed by atoms with Gasteiger partial charge in [-0.2, -0.15) is 5.10 Å². The largest absolute Gasteiger partial charge is 0.497 e. The Morgan fingerprint density at radius 2 is 2.00 bits per heavy atom. The Kier molecular flexibility index (Phi) is 6.90. The van der Waals surface area contributed by atoms with E-state index in [1.165, 1.54) is 0 Å². The van der Waals surface area contributed by atoms with Crippen LogP contribution in [0.2, 0.25) is 0 Å². The Bertz CT molecular complexity index is 834. The van der Waals surface area contributed by atoms with Crippen molar-refractivity contribution in [1.82, 2.24) is 20.4 Å². The number of hydrogen-bond donors (Lipinski definition) is 2. The smallest absolute Gasteiger partial charge is 0.227 e. The number of nitrogens with zero attached hydrogens (tertiary/aromatic N) is 2. The van der Waals surface area contributed by atoms with Gasteiger partial charge in [0.15, 0.2) is 0 Å². The molecule has 0 saturated carbocycles. The number of nitrogens with one attached hydrogen (secondary N) is 2. The van der Waals surface area contributed by atoms with Gasteiger partial charge in [0.2, 0.25) is 11.8 Å². The molecule has 0 aliphatic carbocycles. The van der Waals surface area contributed by atoms with Gasteiger partial charge in [0.25, 0.3) is 0 Å². The molecule has 7 heteroatoms. The average molecular weight is 399 g/mol. The lowest BCUT2D eigenvalue weighted by molar-refractivity contribution is -0.132. The first-order chi connectivity index (χ1) is 14.0. The standard InChI is InChI=1S/C22H30N4O3/c1-15-20(16(2)25-24-15)13-22(28)26-9-7-17(8-10-26)14-23-21(27)12-18-5-4-6-19(11-18)29-3/h4-6,11,17H,7-10,12-14H2,1-3H3,(H,23,27)(H,24,25). The van der Waals surface area contributed by atoms with Gasteiger partial charge in [0.05, 0.1) is 25.6 Å². The Balaban J connectivity index is 1.40. The highest BCUT2D eigenvalue weighted by atomic mass is 16.5. The number of ether oxygens (including phenoxy) is 1. The van der Waals surface area contributed by atoms with Gasteiger partial charge in [-0.1, -0.05) is 12.1 Å². The number of H-pyrrole nitrogens is 1. The first kappa shape index (κ1) is 20.9. The minimum absolute atomic E-state index is 0.0164. The van der Waals surface area contributed by atoms with Crippen molar-refractivity contribution in [3.63, 3.8) is 0 Å². The predicted molar refractivity (Wildman–Crippen MR) is 111 cm³/mol. The lowest BCUT2D eigenvalue weighted by Gasteiger charge is -2.32. The van der Waals surface area contributed by atoms with Gasteiger partial charge in [0, 0.05) is 30.9 Å². The SMILES string of the molecule is COc1cccc(CC(=O)NCC2CCN(C(=O)Cc3c(C)n[nH]c3C)CC2)c1. The molecule has 2 aromatic rings. The molecule has 1 saturated heterocycles. The summed E-state index contributed by atoms with van der Waals surface area (Å²) < 4.78 is 5.20. The van der Waals surface area contributed by atoms with Crippen molar-refractivity contribution in [3.05, 3.63) is 46.8 Å². The lowest BCUT2D eigenvalue weighted by atomic mass is 9.96. The number of benzene rings is 1. The predicted octanol–water partition coefficient (Wildman–Crippen LogP) is 2.18. The Morgan fingerprint density at radius 1 is 1.24 bits per heavy atom. The van der Waals surface area contributed by atoms with Crippen LogP contribution in [-0.4, -0.2) is 53.7 Å². The summed E-state index contributed by atoms with van der Waals surface area (Å²) in [5.74, 6) is 1.33. The van der Waals surface area contributed by atoms with Gasteiger partial charge < -0.3 is 15.0 Å². The number of hydrogen-bond acceptors (Lipinski definition) is 4. The summed E-state index contributed by atoms with van der Waals surface area (Å²) in [4.78, 5) is 26.8. The van der Waals surface area contributed by atoms with Crippen molar-refractivity contribution in [2.75, 3.05) is 26.7 Å². The average Bonchev–Trinajstić information content (AvgIpc) is 3.04. The molecule has 0 spiro atoms. The third-order valence-electron chi connectivity index (χ3n) is 5.66. The van der Waals surface area contributed by atoms with Gasteiger partial charge in [0.1, 0.15) is 5.75 Å². The zero-order chi connectivity index (χ0) is 20.8. The van der Waals surface area contributed by atoms with E-state index in [0.717, 1.165) is 54.2 Å². The van der Waals surface area contributed by atoms with Crippen molar-refractivity contribution in [2.24, 2.45) is 5.92 Å². The van der Waals surface area contributed by atoms with E-state index in [2.05, 4.69) is 15.5 Å². The molecule has 0 atom stereocenters. The Hall–Kier alpha value is -2.83. The second-order valence-corrected chi connectivity index (χ2v) is 7.75. The maximum Gasteiger partial charge on any atom is 0.227 e. The van der Waals surface area contributed by atoms with Crippen LogP contribution in [0, 0.1) is 19.8 Å². The fourth-order valence-corrected chi connectivity index (χ4v) is 3.77. The summed E-state index contributed by atoms with van der Waals surface area (Å²) in [6.07, 6.45) is 2.57. The van der Waals surface area contributed by atoms with Crippen molar-refractivity contribution < 1.29 is 14.3 Å². The van der Waals surface area contributed by atoms with Gasteiger partial charge in [-0.3, -0.25) is 14.7 Å². The fraction of sp³-hybridized carbons (Fsp3) is 0.500. The molecule has 0 radical (unpaired) electrons. The molecular weight excluding hydrogens is 368 g/mol. The number of rotatable bonds is 7. The van der Waals surface area contributed by atoms with Crippen LogP contribution in [0.4, 0.5) is 0 Å². The minimum atomic E-state index is 0.0164. The molecule has 7 nitrogen and oxygen atoms in total. The molecule has 29 heavy (non-hydrogen) atoms. The Labute approximate surface area is 171 Å². The number of carbonyl (C=O) groups excluding carboxylic acids is 2. The van der Waals surface area contributed by atoms with E-state index < -0.39 is 0 Å². The number of amides is 2. The zero-order valence-corrected chi connectivity index (χ0v) is 17.5. The molecule has 1 aliphatic rings. The molecule has 1 fully saturated rings. The first-order valence-electron chi connectivity index (χ1n) is 10.1. The second kappa shape index (κ2) is 9.58. The number of likely N-dealkylation sites (tertiary alicyclic amines) is 1. The molecule has 2 heterocycles. The molecular formula is C22H30N4O3. The molecule has 0 unspecified atom stereocenters. The highest BCUT2D eigenvalue weighted by Crippen LogP contribution is 2.19. The number of methoxy groups -OCH3 is 1. The molecule has 2 N–H and O–H groups in total. The summed E-state index contributed by atoms with van der Waals surface area (Å²) in [5.41, 5.74) is 3.79. The third-order valence-corrected chi connectivity index (χ3v) is 5.66. The number of aryl methyl sites for hydroxylation is 2. The van der Waals surface area contributed by atoms with Crippen LogP contribution in [-0.2, 0) is 22.4 Å². The monoisotopic (exact) mass is 398 g/mol. The Morgan fingerprint density at radius 3 is 2.66 bits per heavy atom. The first-order valence-corrected chi connectivity index (χ1v) is 10.1. The van der Waals surface area contributed by atoms with E-state index in [0.29, 0.717) is 25.3 Å². The van der Waals surface area contributed by atoms with Crippen molar-refractivity contribution in [2.45, 2.75) is 39.5 Å². The maximum absolute atomic E-state index is 12.6. The number of aromatic amines is 1. The van der Waals surface area contributed by atoms with Crippen LogP contribution < -0.4 is 10.1 Å². The van der Waals surface area contributed by atoms with Gasteiger partial charge in [-0.25, -0.2) is 0 Å². The molecule has 3 rings (SSSR count). The summed E-state index contributed by atoms with van der Waals surface area (Å²) >= 11 is 0. The van der Waals surface area contributed by atoms with Gasteiger partial charge in [-0.05, 0) is 50.3 Å². The van der Waals surface area contributed by atoms with E-state index >= 15 is 0 Å².